The van der Waals surface area contributed by atoms with Gasteiger partial charge < -0.3 is 14.8 Å². The lowest BCUT2D eigenvalue weighted by molar-refractivity contribution is 0.101. The first-order chi connectivity index (χ1) is 9.72. The highest BCUT2D eigenvalue weighted by molar-refractivity contribution is 5.98. The van der Waals surface area contributed by atoms with Gasteiger partial charge >= 0.3 is 0 Å². The van der Waals surface area contributed by atoms with Crippen LogP contribution in [0.3, 0.4) is 0 Å². The molecule has 0 atom stereocenters. The first-order valence-electron chi connectivity index (χ1n) is 6.15. The van der Waals surface area contributed by atoms with Crippen molar-refractivity contribution in [1.82, 2.24) is 0 Å². The number of Topliss-reactive ketones (excluding diaryl/α,β-unsaturated/α-hetero) is 1. The summed E-state index contributed by atoms with van der Waals surface area (Å²) in [6, 6.07) is 10.9. The van der Waals surface area contributed by atoms with E-state index in [9.17, 15) is 9.18 Å². The molecule has 102 valence electrons. The zero-order valence-electron chi connectivity index (χ0n) is 10.6. The molecule has 0 spiro atoms. The number of anilines is 1. The standard InChI is InChI=1S/C15H12FNO3/c16-11-3-1-10(2-4-11)13(18)8-17-12-5-6-14-15(7-12)20-9-19-14/h1-7,17H,8-9H2. The molecule has 0 fully saturated rings. The van der Waals surface area contributed by atoms with Crippen LogP contribution in [-0.4, -0.2) is 19.1 Å². The Morgan fingerprint density at radius 1 is 1.10 bits per heavy atom. The fourth-order valence-corrected chi connectivity index (χ4v) is 1.93. The molecule has 0 unspecified atom stereocenters. The highest BCUT2D eigenvalue weighted by Gasteiger charge is 2.13. The average molecular weight is 273 g/mol. The Balaban J connectivity index is 1.64. The third kappa shape index (κ3) is 2.56. The van der Waals surface area contributed by atoms with Gasteiger partial charge in [0.05, 0.1) is 6.54 Å². The predicted octanol–water partition coefficient (Wildman–Crippen LogP) is 2.85. The largest absolute Gasteiger partial charge is 0.454 e. The van der Waals surface area contributed by atoms with Crippen LogP contribution in [0.4, 0.5) is 10.1 Å². The minimum absolute atomic E-state index is 0.109. The summed E-state index contributed by atoms with van der Waals surface area (Å²) in [5, 5.41) is 3.01. The number of nitrogens with one attached hydrogen (secondary N) is 1. The molecule has 1 heterocycles. The Hall–Kier alpha value is -2.56. The summed E-state index contributed by atoms with van der Waals surface area (Å²) >= 11 is 0. The van der Waals surface area contributed by atoms with Gasteiger partial charge in [0, 0.05) is 17.3 Å². The molecular weight excluding hydrogens is 261 g/mol. The summed E-state index contributed by atoms with van der Waals surface area (Å²) in [7, 11) is 0. The third-order valence-electron chi connectivity index (χ3n) is 2.99. The van der Waals surface area contributed by atoms with Gasteiger partial charge in [0.15, 0.2) is 17.3 Å². The summed E-state index contributed by atoms with van der Waals surface area (Å²) in [5.74, 6) is 0.887. The van der Waals surface area contributed by atoms with Crippen molar-refractivity contribution < 1.29 is 18.7 Å². The summed E-state index contributed by atoms with van der Waals surface area (Å²) in [5.41, 5.74) is 1.24. The maximum atomic E-state index is 12.8. The van der Waals surface area contributed by atoms with Crippen LogP contribution >= 0.6 is 0 Å². The number of ether oxygens (including phenoxy) is 2. The first kappa shape index (κ1) is 12.5. The lowest BCUT2D eigenvalue weighted by Gasteiger charge is -2.06. The highest BCUT2D eigenvalue weighted by Crippen LogP contribution is 2.34. The van der Waals surface area contributed by atoms with Gasteiger partial charge in [-0.3, -0.25) is 4.79 Å². The molecule has 1 aliphatic rings. The molecule has 0 saturated carbocycles. The molecule has 2 aromatic rings. The molecule has 5 heteroatoms. The van der Waals surface area contributed by atoms with Gasteiger partial charge in [-0.15, -0.1) is 0 Å². The zero-order valence-corrected chi connectivity index (χ0v) is 10.6. The van der Waals surface area contributed by atoms with Crippen molar-refractivity contribution in [2.45, 2.75) is 0 Å². The van der Waals surface area contributed by atoms with Gasteiger partial charge in [-0.2, -0.15) is 0 Å². The van der Waals surface area contributed by atoms with Gasteiger partial charge in [-0.05, 0) is 36.4 Å². The average Bonchev–Trinajstić information content (AvgIpc) is 2.93. The molecular formula is C15H12FNO3. The normalized spacial score (nSPS) is 12.2. The number of carbonyl (C=O) groups is 1. The van der Waals surface area contributed by atoms with Crippen LogP contribution in [0, 0.1) is 5.82 Å². The van der Waals surface area contributed by atoms with E-state index in [2.05, 4.69) is 5.32 Å². The van der Waals surface area contributed by atoms with E-state index in [0.29, 0.717) is 17.1 Å². The van der Waals surface area contributed by atoms with Crippen molar-refractivity contribution in [2.24, 2.45) is 0 Å². The van der Waals surface area contributed by atoms with Crippen LogP contribution in [0.1, 0.15) is 10.4 Å². The molecule has 0 aliphatic carbocycles. The molecule has 20 heavy (non-hydrogen) atoms. The minimum Gasteiger partial charge on any atom is -0.454 e. The lowest BCUT2D eigenvalue weighted by Crippen LogP contribution is -2.13. The predicted molar refractivity (Wildman–Crippen MR) is 71.8 cm³/mol. The Bertz CT molecular complexity index is 640. The molecule has 2 aromatic carbocycles. The van der Waals surface area contributed by atoms with E-state index in [1.165, 1.54) is 24.3 Å². The topological polar surface area (TPSA) is 47.6 Å². The second-order valence-electron chi connectivity index (χ2n) is 4.35. The van der Waals surface area contributed by atoms with Crippen LogP contribution < -0.4 is 14.8 Å². The van der Waals surface area contributed by atoms with Gasteiger partial charge in [0.1, 0.15) is 5.82 Å². The fraction of sp³-hybridized carbons (Fsp3) is 0.133. The minimum atomic E-state index is -0.356. The second-order valence-corrected chi connectivity index (χ2v) is 4.35. The number of carbonyl (C=O) groups excluding carboxylic acids is 1. The van der Waals surface area contributed by atoms with E-state index in [4.69, 9.17) is 9.47 Å². The number of halogens is 1. The van der Waals surface area contributed by atoms with Crippen molar-refractivity contribution in [3.63, 3.8) is 0 Å². The van der Waals surface area contributed by atoms with E-state index in [1.807, 2.05) is 6.07 Å². The Morgan fingerprint density at radius 3 is 2.65 bits per heavy atom. The summed E-state index contributed by atoms with van der Waals surface area (Å²) in [4.78, 5) is 11.9. The number of hydrogen-bond donors (Lipinski definition) is 1. The van der Waals surface area contributed by atoms with Gasteiger partial charge in [-0.1, -0.05) is 0 Å². The third-order valence-corrected chi connectivity index (χ3v) is 2.99. The van der Waals surface area contributed by atoms with Gasteiger partial charge in [0.25, 0.3) is 0 Å². The Kier molecular flexibility index (Phi) is 3.25. The molecule has 0 bridgehead atoms. The fourth-order valence-electron chi connectivity index (χ4n) is 1.93. The lowest BCUT2D eigenvalue weighted by atomic mass is 10.1. The van der Waals surface area contributed by atoms with Crippen LogP contribution in [-0.2, 0) is 0 Å². The Morgan fingerprint density at radius 2 is 1.85 bits per heavy atom. The number of rotatable bonds is 4. The van der Waals surface area contributed by atoms with Crippen LogP contribution in [0.2, 0.25) is 0 Å². The number of ketones is 1. The quantitative estimate of drug-likeness (QED) is 0.870. The van der Waals surface area contributed by atoms with Gasteiger partial charge in [-0.25, -0.2) is 4.39 Å². The second kappa shape index (κ2) is 5.21. The van der Waals surface area contributed by atoms with E-state index >= 15 is 0 Å². The van der Waals surface area contributed by atoms with Crippen molar-refractivity contribution >= 4 is 11.5 Å². The van der Waals surface area contributed by atoms with E-state index in [0.717, 1.165) is 5.69 Å². The summed E-state index contributed by atoms with van der Waals surface area (Å²) in [6.45, 7) is 0.346. The molecule has 0 radical (unpaired) electrons. The summed E-state index contributed by atoms with van der Waals surface area (Å²) in [6.07, 6.45) is 0. The van der Waals surface area contributed by atoms with Gasteiger partial charge in [0.2, 0.25) is 6.79 Å². The maximum absolute atomic E-state index is 12.8. The molecule has 1 N–H and O–H groups in total. The molecule has 1 aliphatic heterocycles. The van der Waals surface area contributed by atoms with Crippen molar-refractivity contribution in [3.05, 3.63) is 53.8 Å². The van der Waals surface area contributed by atoms with E-state index < -0.39 is 0 Å². The van der Waals surface area contributed by atoms with Crippen molar-refractivity contribution in [3.8, 4) is 11.5 Å². The molecule has 0 saturated heterocycles. The van der Waals surface area contributed by atoms with Crippen molar-refractivity contribution in [2.75, 3.05) is 18.7 Å². The maximum Gasteiger partial charge on any atom is 0.231 e. The smallest absolute Gasteiger partial charge is 0.231 e. The first-order valence-corrected chi connectivity index (χ1v) is 6.15. The van der Waals surface area contributed by atoms with E-state index in [1.54, 1.807) is 12.1 Å². The van der Waals surface area contributed by atoms with Crippen molar-refractivity contribution in [1.29, 1.82) is 0 Å². The molecule has 3 rings (SSSR count). The number of benzene rings is 2. The zero-order chi connectivity index (χ0) is 13.9. The Labute approximate surface area is 115 Å². The number of fused-ring (bicyclic) bond motifs is 1. The molecule has 0 aromatic heterocycles. The van der Waals surface area contributed by atoms with E-state index in [-0.39, 0.29) is 24.9 Å². The van der Waals surface area contributed by atoms with Crippen LogP contribution in [0.25, 0.3) is 0 Å². The highest BCUT2D eigenvalue weighted by atomic mass is 19.1. The SMILES string of the molecule is O=C(CNc1ccc2c(c1)OCO2)c1ccc(F)cc1. The van der Waals surface area contributed by atoms with Crippen LogP contribution in [0.5, 0.6) is 11.5 Å². The monoisotopic (exact) mass is 273 g/mol. The summed E-state index contributed by atoms with van der Waals surface area (Å²) < 4.78 is 23.2. The molecule has 0 amide bonds. The van der Waals surface area contributed by atoms with Crippen LogP contribution in [0.15, 0.2) is 42.5 Å². The molecule has 4 nitrogen and oxygen atoms in total. The number of hydrogen-bond acceptors (Lipinski definition) is 4.